The van der Waals surface area contributed by atoms with Crippen LogP contribution in [0.1, 0.15) is 16.2 Å². The molecule has 0 unspecified atom stereocenters. The largest absolute Gasteiger partial charge is 0.475 e. The van der Waals surface area contributed by atoms with E-state index in [0.29, 0.717) is 5.69 Å². The van der Waals surface area contributed by atoms with Gasteiger partial charge in [0.2, 0.25) is 5.82 Å². The third-order valence-corrected chi connectivity index (χ3v) is 3.48. The van der Waals surface area contributed by atoms with Gasteiger partial charge in [0.1, 0.15) is 0 Å². The maximum atomic E-state index is 10.7. The van der Waals surface area contributed by atoms with E-state index < -0.39 is 5.97 Å². The van der Waals surface area contributed by atoms with Crippen LogP contribution in [0.2, 0.25) is 0 Å². The molecule has 0 fully saturated rings. The van der Waals surface area contributed by atoms with E-state index in [0.717, 1.165) is 12.2 Å². The van der Waals surface area contributed by atoms with Crippen LogP contribution in [0.15, 0.2) is 64.8 Å². The summed E-state index contributed by atoms with van der Waals surface area (Å²) >= 11 is 0. The van der Waals surface area contributed by atoms with Gasteiger partial charge >= 0.3 is 5.97 Å². The van der Waals surface area contributed by atoms with Gasteiger partial charge in [-0.2, -0.15) is 4.98 Å². The van der Waals surface area contributed by atoms with Crippen molar-refractivity contribution in [3.05, 3.63) is 66.0 Å². The highest BCUT2D eigenvalue weighted by Gasteiger charge is 2.08. The number of aromatic amines is 1. The molecule has 0 spiro atoms. The van der Waals surface area contributed by atoms with Gasteiger partial charge in [-0.15, -0.1) is 15.3 Å². The monoisotopic (exact) mass is 336 g/mol. The van der Waals surface area contributed by atoms with Crippen LogP contribution in [0, 0.1) is 0 Å². The summed E-state index contributed by atoms with van der Waals surface area (Å²) < 4.78 is 0. The SMILES string of the molecule is CN(Cc1ccccc1)c1ccc(N=Nc2n[nH]c(C(=O)O)n2)cc1. The van der Waals surface area contributed by atoms with Gasteiger partial charge in [0.05, 0.1) is 5.69 Å². The predicted molar refractivity (Wildman–Crippen MR) is 92.5 cm³/mol. The number of nitrogens with one attached hydrogen (secondary N) is 1. The van der Waals surface area contributed by atoms with Crippen molar-refractivity contribution in [2.24, 2.45) is 10.2 Å². The number of carboxylic acids is 1. The van der Waals surface area contributed by atoms with Gasteiger partial charge in [0, 0.05) is 19.3 Å². The molecule has 0 radical (unpaired) electrons. The molecule has 0 saturated carbocycles. The quantitative estimate of drug-likeness (QED) is 0.669. The number of H-pyrrole nitrogens is 1. The third-order valence-electron chi connectivity index (χ3n) is 3.48. The van der Waals surface area contributed by atoms with Crippen LogP contribution in [0.5, 0.6) is 0 Å². The Balaban J connectivity index is 1.65. The lowest BCUT2D eigenvalue weighted by atomic mass is 10.2. The Bertz CT molecular complexity index is 874. The third kappa shape index (κ3) is 4.25. The van der Waals surface area contributed by atoms with Crippen molar-refractivity contribution in [3.63, 3.8) is 0 Å². The summed E-state index contributed by atoms with van der Waals surface area (Å²) in [6.45, 7) is 0.802. The van der Waals surface area contributed by atoms with E-state index in [1.807, 2.05) is 49.5 Å². The highest BCUT2D eigenvalue weighted by molar-refractivity contribution is 5.83. The summed E-state index contributed by atoms with van der Waals surface area (Å²) in [5.41, 5.74) is 2.90. The molecule has 3 rings (SSSR count). The lowest BCUT2D eigenvalue weighted by Gasteiger charge is -2.19. The van der Waals surface area contributed by atoms with E-state index >= 15 is 0 Å². The summed E-state index contributed by atoms with van der Waals surface area (Å²) in [5, 5.41) is 22.5. The van der Waals surface area contributed by atoms with Gasteiger partial charge in [-0.3, -0.25) is 5.10 Å². The lowest BCUT2D eigenvalue weighted by Crippen LogP contribution is -2.15. The first-order chi connectivity index (χ1) is 12.1. The molecule has 8 nitrogen and oxygen atoms in total. The first-order valence-electron chi connectivity index (χ1n) is 7.54. The molecule has 0 bridgehead atoms. The molecule has 0 amide bonds. The number of anilines is 1. The average Bonchev–Trinajstić information content (AvgIpc) is 3.11. The van der Waals surface area contributed by atoms with Crippen molar-refractivity contribution in [2.45, 2.75) is 6.54 Å². The lowest BCUT2D eigenvalue weighted by molar-refractivity contribution is 0.0684. The molecule has 0 aliphatic carbocycles. The van der Waals surface area contributed by atoms with Crippen LogP contribution in [0.4, 0.5) is 17.3 Å². The molecule has 0 aliphatic heterocycles. The standard InChI is InChI=1S/C17H16N6O2/c1-23(11-12-5-3-2-4-6-12)14-9-7-13(8-10-14)19-21-17-18-15(16(24)25)20-22-17/h2-10H,11H2,1H3,(H,24,25)(H,18,20,22). The van der Waals surface area contributed by atoms with E-state index in [4.69, 9.17) is 5.11 Å². The van der Waals surface area contributed by atoms with E-state index in [1.54, 1.807) is 0 Å². The predicted octanol–water partition coefficient (Wildman–Crippen LogP) is 3.55. The molecule has 8 heteroatoms. The van der Waals surface area contributed by atoms with Crippen LogP contribution in [-0.2, 0) is 6.54 Å². The topological polar surface area (TPSA) is 107 Å². The number of carbonyl (C=O) groups is 1. The number of aromatic carboxylic acids is 1. The van der Waals surface area contributed by atoms with E-state index in [2.05, 4.69) is 42.4 Å². The number of aromatic nitrogens is 3. The first kappa shape index (κ1) is 16.3. The van der Waals surface area contributed by atoms with Crippen molar-refractivity contribution >= 4 is 23.3 Å². The van der Waals surface area contributed by atoms with E-state index in [9.17, 15) is 4.79 Å². The van der Waals surface area contributed by atoms with Crippen LogP contribution in [-0.4, -0.2) is 33.3 Å². The Hall–Kier alpha value is -3.55. The molecule has 0 atom stereocenters. The van der Waals surface area contributed by atoms with Crippen molar-refractivity contribution in [2.75, 3.05) is 11.9 Å². The number of hydrogen-bond acceptors (Lipinski definition) is 6. The zero-order valence-electron chi connectivity index (χ0n) is 13.5. The molecule has 2 N–H and O–H groups in total. The summed E-state index contributed by atoms with van der Waals surface area (Å²) in [6.07, 6.45) is 0. The first-order valence-corrected chi connectivity index (χ1v) is 7.54. The highest BCUT2D eigenvalue weighted by atomic mass is 16.4. The van der Waals surface area contributed by atoms with E-state index in [1.165, 1.54) is 5.56 Å². The smallest absolute Gasteiger partial charge is 0.373 e. The van der Waals surface area contributed by atoms with Crippen molar-refractivity contribution in [1.82, 2.24) is 15.2 Å². The van der Waals surface area contributed by atoms with Crippen LogP contribution < -0.4 is 4.90 Å². The van der Waals surface area contributed by atoms with Gasteiger partial charge in [0.25, 0.3) is 5.95 Å². The summed E-state index contributed by atoms with van der Waals surface area (Å²) in [6, 6.07) is 17.7. The molecular weight excluding hydrogens is 320 g/mol. The molecule has 1 heterocycles. The zero-order chi connectivity index (χ0) is 17.6. The Morgan fingerprint density at radius 1 is 1.12 bits per heavy atom. The number of benzene rings is 2. The minimum atomic E-state index is -1.19. The maximum Gasteiger partial charge on any atom is 0.373 e. The van der Waals surface area contributed by atoms with Gasteiger partial charge in [-0.25, -0.2) is 4.79 Å². The van der Waals surface area contributed by atoms with Crippen LogP contribution >= 0.6 is 0 Å². The summed E-state index contributed by atoms with van der Waals surface area (Å²) in [4.78, 5) is 16.5. The Kier molecular flexibility index (Phi) is 4.79. The number of azo groups is 1. The number of carboxylic acid groups (broad SMARTS) is 1. The van der Waals surface area contributed by atoms with Crippen LogP contribution in [0.25, 0.3) is 0 Å². The average molecular weight is 336 g/mol. The maximum absolute atomic E-state index is 10.7. The Morgan fingerprint density at radius 3 is 2.48 bits per heavy atom. The number of rotatable bonds is 6. The normalized spacial score (nSPS) is 10.9. The van der Waals surface area contributed by atoms with Crippen LogP contribution in [0.3, 0.4) is 0 Å². The number of hydrogen-bond donors (Lipinski definition) is 2. The Morgan fingerprint density at radius 2 is 1.84 bits per heavy atom. The second-order valence-electron chi connectivity index (χ2n) is 5.35. The van der Waals surface area contributed by atoms with Gasteiger partial charge < -0.3 is 10.0 Å². The second kappa shape index (κ2) is 7.35. The molecule has 2 aromatic carbocycles. The zero-order valence-corrected chi connectivity index (χ0v) is 13.5. The Labute approximate surface area is 143 Å². The molecule has 1 aromatic heterocycles. The highest BCUT2D eigenvalue weighted by Crippen LogP contribution is 2.21. The minimum Gasteiger partial charge on any atom is -0.475 e. The molecule has 25 heavy (non-hydrogen) atoms. The van der Waals surface area contributed by atoms with Crippen molar-refractivity contribution < 1.29 is 9.90 Å². The molecular formula is C17H16N6O2. The fourth-order valence-corrected chi connectivity index (χ4v) is 2.22. The van der Waals surface area contributed by atoms with Crippen molar-refractivity contribution in [3.8, 4) is 0 Å². The minimum absolute atomic E-state index is 0.0253. The van der Waals surface area contributed by atoms with E-state index in [-0.39, 0.29) is 11.8 Å². The fourth-order valence-electron chi connectivity index (χ4n) is 2.22. The second-order valence-corrected chi connectivity index (χ2v) is 5.35. The van der Waals surface area contributed by atoms with Gasteiger partial charge in [-0.05, 0) is 29.8 Å². The molecule has 0 saturated heterocycles. The van der Waals surface area contributed by atoms with Crippen molar-refractivity contribution in [1.29, 1.82) is 0 Å². The summed E-state index contributed by atoms with van der Waals surface area (Å²) in [5.74, 6) is -1.49. The van der Waals surface area contributed by atoms with Gasteiger partial charge in [-0.1, -0.05) is 30.3 Å². The fraction of sp³-hybridized carbons (Fsp3) is 0.118. The molecule has 0 aliphatic rings. The summed E-state index contributed by atoms with van der Waals surface area (Å²) in [7, 11) is 2.02. The number of nitrogens with zero attached hydrogens (tertiary/aromatic N) is 5. The molecule has 3 aromatic rings. The van der Waals surface area contributed by atoms with Gasteiger partial charge in [0.15, 0.2) is 0 Å². The molecule has 126 valence electrons.